The van der Waals surface area contributed by atoms with Crippen LogP contribution in [0.4, 0.5) is 0 Å². The Morgan fingerprint density at radius 2 is 1.77 bits per heavy atom. The molecule has 0 aliphatic rings. The van der Waals surface area contributed by atoms with E-state index in [9.17, 15) is 9.59 Å². The highest BCUT2D eigenvalue weighted by atomic mass is 16.5. The van der Waals surface area contributed by atoms with Crippen LogP contribution in [0.3, 0.4) is 0 Å². The van der Waals surface area contributed by atoms with E-state index in [-0.39, 0.29) is 18.8 Å². The van der Waals surface area contributed by atoms with Crippen molar-refractivity contribution in [2.75, 3.05) is 20.8 Å². The molecule has 26 heavy (non-hydrogen) atoms. The van der Waals surface area contributed by atoms with Gasteiger partial charge in [-0.25, -0.2) is 0 Å². The number of carbonyl (C=O) groups excluding carboxylic acids is 2. The zero-order chi connectivity index (χ0) is 18.5. The summed E-state index contributed by atoms with van der Waals surface area (Å²) in [6.07, 6.45) is 1.68. The summed E-state index contributed by atoms with van der Waals surface area (Å²) in [5, 5.41) is 0.813. The van der Waals surface area contributed by atoms with E-state index in [1.807, 2.05) is 24.3 Å². The molecule has 6 nitrogen and oxygen atoms in total. The van der Waals surface area contributed by atoms with Crippen LogP contribution >= 0.6 is 0 Å². The molecule has 6 heteroatoms. The summed E-state index contributed by atoms with van der Waals surface area (Å²) in [5.41, 5.74) is 2.10. The number of hydrogen-bond acceptors (Lipinski definition) is 5. The molecule has 0 fully saturated rings. The summed E-state index contributed by atoms with van der Waals surface area (Å²) in [5.74, 6) is 0.389. The number of methoxy groups -OCH3 is 2. The Hall–Kier alpha value is -3.28. The van der Waals surface area contributed by atoms with Crippen LogP contribution in [0.15, 0.2) is 48.7 Å². The number of ketones is 1. The lowest BCUT2D eigenvalue weighted by atomic mass is 10.1. The number of fused-ring (bicyclic) bond motifs is 1. The first-order chi connectivity index (χ1) is 12.6. The Kier molecular flexibility index (Phi) is 5.22. The average Bonchev–Trinajstić information content (AvgIpc) is 3.10. The van der Waals surface area contributed by atoms with E-state index in [1.165, 1.54) is 7.11 Å². The van der Waals surface area contributed by atoms with Gasteiger partial charge in [0.25, 0.3) is 0 Å². The predicted molar refractivity (Wildman–Crippen MR) is 96.8 cm³/mol. The number of Topliss-reactive ketones (excluding diaryl/α,β-unsaturated/α-hetero) is 1. The van der Waals surface area contributed by atoms with Gasteiger partial charge in [0.05, 0.1) is 20.6 Å². The summed E-state index contributed by atoms with van der Waals surface area (Å²) in [7, 11) is 3.07. The van der Waals surface area contributed by atoms with Gasteiger partial charge in [-0.2, -0.15) is 0 Å². The van der Waals surface area contributed by atoms with Crippen LogP contribution in [-0.4, -0.2) is 37.6 Å². The van der Waals surface area contributed by atoms with E-state index >= 15 is 0 Å². The molecule has 0 saturated carbocycles. The van der Waals surface area contributed by atoms with Crippen molar-refractivity contribution in [1.82, 2.24) is 4.98 Å². The molecule has 3 rings (SSSR count). The molecule has 0 radical (unpaired) electrons. The minimum atomic E-state index is -0.481. The third kappa shape index (κ3) is 3.69. The maximum absolute atomic E-state index is 12.3. The molecule has 134 valence electrons. The van der Waals surface area contributed by atoms with Gasteiger partial charge >= 0.3 is 5.97 Å². The van der Waals surface area contributed by atoms with Crippen molar-refractivity contribution in [3.05, 3.63) is 59.8 Å². The molecule has 2 aromatic carbocycles. The minimum absolute atomic E-state index is 0.0432. The maximum Gasteiger partial charge on any atom is 0.310 e. The lowest BCUT2D eigenvalue weighted by Gasteiger charge is -2.09. The second kappa shape index (κ2) is 7.74. The Labute approximate surface area is 150 Å². The van der Waals surface area contributed by atoms with Crippen molar-refractivity contribution in [2.24, 2.45) is 0 Å². The van der Waals surface area contributed by atoms with Crippen LogP contribution in [0.1, 0.15) is 15.9 Å². The van der Waals surface area contributed by atoms with Crippen LogP contribution in [0, 0.1) is 0 Å². The quantitative estimate of drug-likeness (QED) is 0.521. The van der Waals surface area contributed by atoms with Crippen molar-refractivity contribution in [1.29, 1.82) is 0 Å². The largest absolute Gasteiger partial charge is 0.493 e. The maximum atomic E-state index is 12.3. The Morgan fingerprint density at radius 1 is 1.00 bits per heavy atom. The summed E-state index contributed by atoms with van der Waals surface area (Å²) in [4.78, 5) is 27.4. The number of para-hydroxylation sites is 1. The number of rotatable bonds is 7. The molecule has 1 N–H and O–H groups in total. The topological polar surface area (TPSA) is 77.6 Å². The third-order valence-electron chi connectivity index (χ3n) is 4.05. The van der Waals surface area contributed by atoms with Crippen LogP contribution in [0.5, 0.6) is 11.5 Å². The molecule has 0 unspecified atom stereocenters. The van der Waals surface area contributed by atoms with Crippen LogP contribution in [0.2, 0.25) is 0 Å². The first-order valence-corrected chi connectivity index (χ1v) is 8.08. The first-order valence-electron chi connectivity index (χ1n) is 8.08. The van der Waals surface area contributed by atoms with E-state index < -0.39 is 5.97 Å². The Balaban J connectivity index is 1.61. The first kappa shape index (κ1) is 17.5. The fraction of sp³-hybridized carbons (Fsp3) is 0.200. The lowest BCUT2D eigenvalue weighted by molar-refractivity contribution is -0.141. The number of H-pyrrole nitrogens is 1. The van der Waals surface area contributed by atoms with Gasteiger partial charge < -0.3 is 19.2 Å². The van der Waals surface area contributed by atoms with Gasteiger partial charge in [-0.3, -0.25) is 9.59 Å². The fourth-order valence-corrected chi connectivity index (χ4v) is 2.73. The molecule has 0 bridgehead atoms. The number of aromatic amines is 1. The van der Waals surface area contributed by atoms with Crippen LogP contribution in [0.25, 0.3) is 10.9 Å². The molecular weight excluding hydrogens is 334 g/mol. The number of carbonyl (C=O) groups is 2. The van der Waals surface area contributed by atoms with Crippen molar-refractivity contribution >= 4 is 22.7 Å². The summed E-state index contributed by atoms with van der Waals surface area (Å²) >= 11 is 0. The van der Waals surface area contributed by atoms with Crippen molar-refractivity contribution in [2.45, 2.75) is 6.42 Å². The van der Waals surface area contributed by atoms with E-state index in [2.05, 4.69) is 4.98 Å². The molecule has 0 atom stereocenters. The van der Waals surface area contributed by atoms with Crippen molar-refractivity contribution in [3.8, 4) is 11.5 Å². The smallest absolute Gasteiger partial charge is 0.310 e. The van der Waals surface area contributed by atoms with E-state index in [0.717, 1.165) is 10.9 Å². The minimum Gasteiger partial charge on any atom is -0.493 e. The number of hydrogen-bond donors (Lipinski definition) is 1. The van der Waals surface area contributed by atoms with E-state index in [1.54, 1.807) is 31.5 Å². The number of aromatic nitrogens is 1. The van der Waals surface area contributed by atoms with Gasteiger partial charge in [0.15, 0.2) is 18.1 Å². The van der Waals surface area contributed by atoms with Crippen molar-refractivity contribution in [3.63, 3.8) is 0 Å². The highest BCUT2D eigenvalue weighted by molar-refractivity contribution is 6.08. The monoisotopic (exact) mass is 353 g/mol. The molecule has 0 saturated heterocycles. The van der Waals surface area contributed by atoms with Gasteiger partial charge in [0.2, 0.25) is 5.78 Å². The van der Waals surface area contributed by atoms with E-state index in [0.29, 0.717) is 22.6 Å². The number of esters is 1. The van der Waals surface area contributed by atoms with Gasteiger partial charge in [-0.1, -0.05) is 24.3 Å². The highest BCUT2D eigenvalue weighted by Crippen LogP contribution is 2.27. The summed E-state index contributed by atoms with van der Waals surface area (Å²) in [6, 6.07) is 12.7. The second-order valence-corrected chi connectivity index (χ2v) is 5.70. The molecule has 3 aromatic rings. The average molecular weight is 353 g/mol. The predicted octanol–water partition coefficient (Wildman–Crippen LogP) is 3.15. The molecule has 0 amide bonds. The van der Waals surface area contributed by atoms with Crippen LogP contribution in [-0.2, 0) is 16.0 Å². The van der Waals surface area contributed by atoms with E-state index in [4.69, 9.17) is 14.2 Å². The Morgan fingerprint density at radius 3 is 2.54 bits per heavy atom. The Bertz CT molecular complexity index is 944. The van der Waals surface area contributed by atoms with Gasteiger partial charge in [0, 0.05) is 22.7 Å². The lowest BCUT2D eigenvalue weighted by Crippen LogP contribution is -2.15. The molecule has 0 spiro atoms. The number of ether oxygens (including phenoxy) is 3. The number of nitrogens with one attached hydrogen (secondary N) is 1. The van der Waals surface area contributed by atoms with Crippen molar-refractivity contribution < 1.29 is 23.8 Å². The molecule has 1 heterocycles. The molecule has 0 aliphatic carbocycles. The van der Waals surface area contributed by atoms with Gasteiger partial charge in [0.1, 0.15) is 0 Å². The summed E-state index contributed by atoms with van der Waals surface area (Å²) < 4.78 is 15.5. The third-order valence-corrected chi connectivity index (χ3v) is 4.05. The SMILES string of the molecule is COc1ccc(CC(=O)OCC(=O)c2c[nH]c3ccccc23)cc1OC. The zero-order valence-corrected chi connectivity index (χ0v) is 14.6. The van der Waals surface area contributed by atoms with Gasteiger partial charge in [-0.15, -0.1) is 0 Å². The second-order valence-electron chi connectivity index (χ2n) is 5.70. The van der Waals surface area contributed by atoms with Crippen LogP contribution < -0.4 is 9.47 Å². The fourth-order valence-electron chi connectivity index (χ4n) is 2.73. The molecule has 0 aliphatic heterocycles. The normalized spacial score (nSPS) is 10.5. The standard InChI is InChI=1S/C20H19NO5/c1-24-18-8-7-13(9-19(18)25-2)10-20(23)26-12-17(22)15-11-21-16-6-4-3-5-14(15)16/h3-9,11,21H,10,12H2,1-2H3. The highest BCUT2D eigenvalue weighted by Gasteiger charge is 2.15. The van der Waals surface area contributed by atoms with Gasteiger partial charge in [-0.05, 0) is 23.8 Å². The summed E-state index contributed by atoms with van der Waals surface area (Å²) in [6.45, 7) is -0.298. The molecule has 1 aromatic heterocycles. The number of benzene rings is 2. The zero-order valence-electron chi connectivity index (χ0n) is 14.6. The molecular formula is C20H19NO5.